The van der Waals surface area contributed by atoms with Gasteiger partial charge in [0.15, 0.2) is 0 Å². The maximum absolute atomic E-state index is 12.4. The van der Waals surface area contributed by atoms with Crippen molar-refractivity contribution < 1.29 is 9.53 Å². The lowest BCUT2D eigenvalue weighted by atomic mass is 10.1. The van der Waals surface area contributed by atoms with E-state index in [2.05, 4.69) is 10.2 Å². The third-order valence-electron chi connectivity index (χ3n) is 4.61. The van der Waals surface area contributed by atoms with Gasteiger partial charge in [0.05, 0.1) is 30.1 Å². The van der Waals surface area contributed by atoms with E-state index >= 15 is 0 Å². The predicted octanol–water partition coefficient (Wildman–Crippen LogP) is 4.32. The van der Waals surface area contributed by atoms with E-state index in [1.165, 1.54) is 0 Å². The fourth-order valence-electron chi connectivity index (χ4n) is 3.07. The van der Waals surface area contributed by atoms with Crippen molar-refractivity contribution in [3.8, 4) is 5.75 Å². The Morgan fingerprint density at radius 1 is 1.25 bits per heavy atom. The molecule has 146 valence electrons. The largest absolute Gasteiger partial charge is 0.496 e. The zero-order valence-corrected chi connectivity index (χ0v) is 17.2. The molecule has 1 aromatic carbocycles. The molecule has 0 amide bonds. The summed E-state index contributed by atoms with van der Waals surface area (Å²) in [5.41, 5.74) is 4.14. The summed E-state index contributed by atoms with van der Waals surface area (Å²) in [5, 5.41) is 9.30. The van der Waals surface area contributed by atoms with Crippen molar-refractivity contribution >= 4 is 23.5 Å². The fraction of sp³-hybridized carbons (Fsp3) is 0.286. The van der Waals surface area contributed by atoms with Crippen LogP contribution in [0.4, 0.5) is 0 Å². The van der Waals surface area contributed by atoms with Crippen LogP contribution in [0.15, 0.2) is 36.5 Å². The highest BCUT2D eigenvalue weighted by Gasteiger charge is 2.12. The summed E-state index contributed by atoms with van der Waals surface area (Å²) in [4.78, 5) is 12.4. The average molecular weight is 399 g/mol. The molecule has 0 N–H and O–H groups in total. The zero-order valence-electron chi connectivity index (χ0n) is 16.4. The van der Waals surface area contributed by atoms with Crippen molar-refractivity contribution in [1.29, 1.82) is 0 Å². The molecule has 0 spiro atoms. The van der Waals surface area contributed by atoms with Gasteiger partial charge in [0.25, 0.3) is 0 Å². The number of carbonyl (C=O) groups is 1. The summed E-state index contributed by atoms with van der Waals surface area (Å²) in [6.45, 7) is 6.96. The lowest BCUT2D eigenvalue weighted by Crippen LogP contribution is -2.07. The van der Waals surface area contributed by atoms with Gasteiger partial charge in [0, 0.05) is 18.3 Å². The van der Waals surface area contributed by atoms with E-state index in [1.54, 1.807) is 36.2 Å². The monoisotopic (exact) mass is 398 g/mol. The lowest BCUT2D eigenvalue weighted by Gasteiger charge is -2.11. The Balaban J connectivity index is 1.86. The molecule has 7 heteroatoms. The van der Waals surface area contributed by atoms with Gasteiger partial charge in [0.2, 0.25) is 5.78 Å². The summed E-state index contributed by atoms with van der Waals surface area (Å²) >= 11 is 6.26. The van der Waals surface area contributed by atoms with Crippen LogP contribution in [0, 0.1) is 13.8 Å². The van der Waals surface area contributed by atoms with E-state index in [0.717, 1.165) is 28.3 Å². The van der Waals surface area contributed by atoms with Crippen LogP contribution in [-0.2, 0) is 13.1 Å². The maximum atomic E-state index is 12.4. The van der Waals surface area contributed by atoms with Crippen molar-refractivity contribution in [3.05, 3.63) is 69.8 Å². The highest BCUT2D eigenvalue weighted by Crippen LogP contribution is 2.25. The second-order valence-electron chi connectivity index (χ2n) is 6.44. The van der Waals surface area contributed by atoms with E-state index in [9.17, 15) is 4.79 Å². The van der Waals surface area contributed by atoms with Crippen LogP contribution < -0.4 is 4.74 Å². The van der Waals surface area contributed by atoms with Crippen LogP contribution in [0.1, 0.15) is 39.9 Å². The lowest BCUT2D eigenvalue weighted by molar-refractivity contribution is 0.103. The summed E-state index contributed by atoms with van der Waals surface area (Å²) in [5.74, 6) is 0.679. The normalized spacial score (nSPS) is 11.3. The molecule has 28 heavy (non-hydrogen) atoms. The summed E-state index contributed by atoms with van der Waals surface area (Å²) in [7, 11) is 1.64. The highest BCUT2D eigenvalue weighted by molar-refractivity contribution is 6.31. The molecule has 0 aliphatic rings. The molecular weight excluding hydrogens is 376 g/mol. The van der Waals surface area contributed by atoms with E-state index in [1.807, 2.05) is 43.7 Å². The Morgan fingerprint density at radius 2 is 2.04 bits per heavy atom. The second-order valence-corrected chi connectivity index (χ2v) is 6.82. The first kappa shape index (κ1) is 19.9. The molecule has 3 aromatic rings. The number of nitrogens with zero attached hydrogens (tertiary/aromatic N) is 4. The van der Waals surface area contributed by atoms with Crippen LogP contribution in [-0.4, -0.2) is 32.5 Å². The van der Waals surface area contributed by atoms with Crippen molar-refractivity contribution in [2.45, 2.75) is 33.9 Å². The van der Waals surface area contributed by atoms with Crippen LogP contribution >= 0.6 is 11.6 Å². The standard InChI is InChI=1S/C21H23ClN4O2/c1-5-25-18(10-11-23-25)19(27)8-6-16-7-9-20(28-4)17(12-16)13-26-15(3)21(22)14(2)24-26/h6-12H,5,13H2,1-4H3/b8-6+. The van der Waals surface area contributed by atoms with Gasteiger partial charge in [-0.2, -0.15) is 10.2 Å². The van der Waals surface area contributed by atoms with Crippen molar-refractivity contribution in [3.63, 3.8) is 0 Å². The van der Waals surface area contributed by atoms with Gasteiger partial charge in [-0.3, -0.25) is 14.2 Å². The number of carbonyl (C=O) groups excluding carboxylic acids is 1. The first-order valence-corrected chi connectivity index (χ1v) is 9.43. The molecule has 2 aromatic heterocycles. The molecule has 0 aliphatic heterocycles. The third kappa shape index (κ3) is 4.02. The minimum atomic E-state index is -0.0814. The average Bonchev–Trinajstić information content (AvgIpc) is 3.27. The Kier molecular flexibility index (Phi) is 5.99. The van der Waals surface area contributed by atoms with Crippen LogP contribution in [0.3, 0.4) is 0 Å². The Hall–Kier alpha value is -2.86. The molecule has 0 aliphatic carbocycles. The fourth-order valence-corrected chi connectivity index (χ4v) is 3.20. The molecule has 0 saturated carbocycles. The first-order valence-electron chi connectivity index (χ1n) is 9.05. The number of benzene rings is 1. The zero-order chi connectivity index (χ0) is 20.3. The third-order valence-corrected chi connectivity index (χ3v) is 5.16. The van der Waals surface area contributed by atoms with Crippen molar-refractivity contribution in [2.24, 2.45) is 0 Å². The van der Waals surface area contributed by atoms with E-state index in [4.69, 9.17) is 16.3 Å². The van der Waals surface area contributed by atoms with E-state index in [0.29, 0.717) is 23.8 Å². The molecule has 0 bridgehead atoms. The molecule has 0 fully saturated rings. The quantitative estimate of drug-likeness (QED) is 0.439. The van der Waals surface area contributed by atoms with Crippen LogP contribution in [0.2, 0.25) is 5.02 Å². The van der Waals surface area contributed by atoms with Gasteiger partial charge in [0.1, 0.15) is 11.4 Å². The van der Waals surface area contributed by atoms with Gasteiger partial charge >= 0.3 is 0 Å². The Labute approximate surface area is 169 Å². The first-order chi connectivity index (χ1) is 13.4. The number of hydrogen-bond donors (Lipinski definition) is 0. The Bertz CT molecular complexity index is 1030. The van der Waals surface area contributed by atoms with Gasteiger partial charge < -0.3 is 4.74 Å². The molecule has 3 rings (SSSR count). The van der Waals surface area contributed by atoms with E-state index < -0.39 is 0 Å². The number of halogens is 1. The second kappa shape index (κ2) is 8.44. The highest BCUT2D eigenvalue weighted by atomic mass is 35.5. The smallest absolute Gasteiger partial charge is 0.203 e. The SMILES string of the molecule is CCn1nccc1C(=O)/C=C/c1ccc(OC)c(Cn2nc(C)c(Cl)c2C)c1. The predicted molar refractivity (Wildman–Crippen MR) is 110 cm³/mol. The molecule has 0 unspecified atom stereocenters. The molecule has 6 nitrogen and oxygen atoms in total. The van der Waals surface area contributed by atoms with Crippen molar-refractivity contribution in [2.75, 3.05) is 7.11 Å². The minimum Gasteiger partial charge on any atom is -0.496 e. The van der Waals surface area contributed by atoms with Gasteiger partial charge in [-0.05, 0) is 50.6 Å². The van der Waals surface area contributed by atoms with Crippen molar-refractivity contribution in [1.82, 2.24) is 19.6 Å². The maximum Gasteiger partial charge on any atom is 0.203 e. The number of methoxy groups -OCH3 is 1. The number of ether oxygens (including phenoxy) is 1. The molecule has 0 radical (unpaired) electrons. The summed E-state index contributed by atoms with van der Waals surface area (Å²) < 4.78 is 9.02. The molecule has 2 heterocycles. The Morgan fingerprint density at radius 3 is 2.68 bits per heavy atom. The molecular formula is C21H23ClN4O2. The van der Waals surface area contributed by atoms with Gasteiger partial charge in [-0.25, -0.2) is 0 Å². The molecule has 0 atom stereocenters. The summed E-state index contributed by atoms with van der Waals surface area (Å²) in [6, 6.07) is 7.52. The number of ketones is 1. The topological polar surface area (TPSA) is 61.9 Å². The van der Waals surface area contributed by atoms with Gasteiger partial charge in [-0.15, -0.1) is 0 Å². The number of rotatable bonds is 7. The number of aromatic nitrogens is 4. The summed E-state index contributed by atoms with van der Waals surface area (Å²) in [6.07, 6.45) is 5.00. The van der Waals surface area contributed by atoms with Crippen LogP contribution in [0.5, 0.6) is 5.75 Å². The number of allylic oxidation sites excluding steroid dienone is 1. The number of aryl methyl sites for hydroxylation is 2. The molecule has 0 saturated heterocycles. The van der Waals surface area contributed by atoms with E-state index in [-0.39, 0.29) is 5.78 Å². The number of hydrogen-bond acceptors (Lipinski definition) is 4. The van der Waals surface area contributed by atoms with Crippen LogP contribution in [0.25, 0.3) is 6.08 Å². The van der Waals surface area contributed by atoms with Gasteiger partial charge in [-0.1, -0.05) is 23.7 Å². The minimum absolute atomic E-state index is 0.0814.